The van der Waals surface area contributed by atoms with Crippen LogP contribution in [0, 0.1) is 0 Å². The predicted molar refractivity (Wildman–Crippen MR) is 64.1 cm³/mol. The summed E-state index contributed by atoms with van der Waals surface area (Å²) < 4.78 is 4.91. The Morgan fingerprint density at radius 1 is 1.41 bits per heavy atom. The highest BCUT2D eigenvalue weighted by Crippen LogP contribution is 2.06. The summed E-state index contributed by atoms with van der Waals surface area (Å²) in [6, 6.07) is 3.33. The zero-order chi connectivity index (χ0) is 12.5. The van der Waals surface area contributed by atoms with Crippen molar-refractivity contribution < 1.29 is 14.6 Å². The Bertz CT molecular complexity index is 338. The first-order valence-corrected chi connectivity index (χ1v) is 5.67. The van der Waals surface area contributed by atoms with E-state index >= 15 is 0 Å². The van der Waals surface area contributed by atoms with E-state index in [1.165, 1.54) is 13.3 Å². The maximum Gasteiger partial charge on any atom is 0.252 e. The molecule has 5 nitrogen and oxygen atoms in total. The van der Waals surface area contributed by atoms with Gasteiger partial charge in [-0.25, -0.2) is 4.98 Å². The summed E-state index contributed by atoms with van der Waals surface area (Å²) in [6.07, 6.45) is 4.05. The minimum absolute atomic E-state index is 0.135. The Kier molecular flexibility index (Phi) is 6.03. The number of hydrogen-bond acceptors (Lipinski definition) is 4. The van der Waals surface area contributed by atoms with E-state index in [0.717, 1.165) is 19.3 Å². The average Bonchev–Trinajstić information content (AvgIpc) is 2.38. The van der Waals surface area contributed by atoms with Crippen LogP contribution in [0.1, 0.15) is 29.6 Å². The second kappa shape index (κ2) is 7.62. The van der Waals surface area contributed by atoms with E-state index in [-0.39, 0.29) is 12.5 Å². The van der Waals surface area contributed by atoms with Crippen LogP contribution in [-0.2, 0) is 0 Å². The summed E-state index contributed by atoms with van der Waals surface area (Å²) in [7, 11) is 1.53. The van der Waals surface area contributed by atoms with Crippen molar-refractivity contribution in [2.24, 2.45) is 0 Å². The molecule has 0 radical (unpaired) electrons. The Morgan fingerprint density at radius 3 is 2.82 bits per heavy atom. The number of carbonyl (C=O) groups is 1. The number of nitrogens with one attached hydrogen (secondary N) is 1. The zero-order valence-electron chi connectivity index (χ0n) is 9.98. The van der Waals surface area contributed by atoms with Crippen LogP contribution in [0.2, 0.25) is 0 Å². The molecular weight excluding hydrogens is 220 g/mol. The average molecular weight is 238 g/mol. The standard InChI is InChI=1S/C12H18N2O3/c1-17-11-6-5-10(9-14-11)12(16)13-7-3-2-4-8-15/h5-6,9,15H,2-4,7-8H2,1H3,(H,13,16). The number of methoxy groups -OCH3 is 1. The fourth-order valence-corrected chi connectivity index (χ4v) is 1.35. The molecule has 1 heterocycles. The molecule has 1 aromatic rings. The summed E-state index contributed by atoms with van der Waals surface area (Å²) in [6.45, 7) is 0.821. The van der Waals surface area contributed by atoms with Gasteiger partial charge in [-0.1, -0.05) is 0 Å². The number of aliphatic hydroxyl groups excluding tert-OH is 1. The van der Waals surface area contributed by atoms with Crippen molar-refractivity contribution in [3.63, 3.8) is 0 Å². The Morgan fingerprint density at radius 2 is 2.24 bits per heavy atom. The van der Waals surface area contributed by atoms with Crippen LogP contribution < -0.4 is 10.1 Å². The zero-order valence-corrected chi connectivity index (χ0v) is 9.98. The highest BCUT2D eigenvalue weighted by atomic mass is 16.5. The molecule has 0 aromatic carbocycles. The van der Waals surface area contributed by atoms with Gasteiger partial charge in [0.15, 0.2) is 0 Å². The highest BCUT2D eigenvalue weighted by molar-refractivity contribution is 5.93. The van der Waals surface area contributed by atoms with E-state index in [1.54, 1.807) is 12.1 Å². The molecule has 0 saturated carbocycles. The second-order valence-corrected chi connectivity index (χ2v) is 3.63. The fourth-order valence-electron chi connectivity index (χ4n) is 1.35. The lowest BCUT2D eigenvalue weighted by atomic mass is 10.2. The van der Waals surface area contributed by atoms with Crippen molar-refractivity contribution in [2.45, 2.75) is 19.3 Å². The molecule has 0 aliphatic rings. The first kappa shape index (κ1) is 13.4. The van der Waals surface area contributed by atoms with E-state index in [1.807, 2.05) is 0 Å². The van der Waals surface area contributed by atoms with Crippen LogP contribution in [0.3, 0.4) is 0 Å². The van der Waals surface area contributed by atoms with Gasteiger partial charge >= 0.3 is 0 Å². The molecule has 0 saturated heterocycles. The Hall–Kier alpha value is -1.62. The van der Waals surface area contributed by atoms with Gasteiger partial charge in [0.2, 0.25) is 5.88 Å². The van der Waals surface area contributed by atoms with Crippen LogP contribution in [0.5, 0.6) is 5.88 Å². The van der Waals surface area contributed by atoms with Crippen molar-refractivity contribution in [1.29, 1.82) is 0 Å². The number of carbonyl (C=O) groups excluding carboxylic acids is 1. The van der Waals surface area contributed by atoms with Gasteiger partial charge in [0.05, 0.1) is 12.7 Å². The number of pyridine rings is 1. The SMILES string of the molecule is COc1ccc(C(=O)NCCCCCO)cn1. The topological polar surface area (TPSA) is 71.5 Å². The number of aliphatic hydroxyl groups is 1. The molecule has 1 rings (SSSR count). The normalized spacial score (nSPS) is 10.0. The smallest absolute Gasteiger partial charge is 0.252 e. The van der Waals surface area contributed by atoms with Gasteiger partial charge < -0.3 is 15.2 Å². The molecule has 2 N–H and O–H groups in total. The van der Waals surface area contributed by atoms with E-state index < -0.39 is 0 Å². The van der Waals surface area contributed by atoms with Crippen LogP contribution in [0.25, 0.3) is 0 Å². The van der Waals surface area contributed by atoms with Gasteiger partial charge in [-0.2, -0.15) is 0 Å². The van der Waals surface area contributed by atoms with E-state index in [0.29, 0.717) is 18.0 Å². The van der Waals surface area contributed by atoms with Crippen molar-refractivity contribution in [3.8, 4) is 5.88 Å². The van der Waals surface area contributed by atoms with Crippen LogP contribution in [0.4, 0.5) is 0 Å². The molecule has 1 aromatic heterocycles. The maximum atomic E-state index is 11.6. The largest absolute Gasteiger partial charge is 0.481 e. The van der Waals surface area contributed by atoms with Gasteiger partial charge in [0.1, 0.15) is 0 Å². The number of rotatable bonds is 7. The molecule has 17 heavy (non-hydrogen) atoms. The van der Waals surface area contributed by atoms with Crippen LogP contribution in [-0.4, -0.2) is 36.3 Å². The molecule has 0 unspecified atom stereocenters. The van der Waals surface area contributed by atoms with Crippen LogP contribution >= 0.6 is 0 Å². The van der Waals surface area contributed by atoms with E-state index in [9.17, 15) is 4.79 Å². The molecule has 0 aliphatic heterocycles. The predicted octanol–water partition coefficient (Wildman–Crippen LogP) is 0.983. The number of unbranched alkanes of at least 4 members (excludes halogenated alkanes) is 2. The molecule has 0 fully saturated rings. The lowest BCUT2D eigenvalue weighted by Gasteiger charge is -2.05. The number of hydrogen-bond donors (Lipinski definition) is 2. The van der Waals surface area contributed by atoms with Crippen molar-refractivity contribution in [3.05, 3.63) is 23.9 Å². The van der Waals surface area contributed by atoms with Crippen molar-refractivity contribution >= 4 is 5.91 Å². The summed E-state index contributed by atoms with van der Waals surface area (Å²) in [5.74, 6) is 0.355. The summed E-state index contributed by atoms with van der Waals surface area (Å²) in [4.78, 5) is 15.6. The van der Waals surface area contributed by atoms with E-state index in [4.69, 9.17) is 9.84 Å². The minimum Gasteiger partial charge on any atom is -0.481 e. The van der Waals surface area contributed by atoms with Crippen molar-refractivity contribution in [1.82, 2.24) is 10.3 Å². The monoisotopic (exact) mass is 238 g/mol. The Balaban J connectivity index is 2.31. The molecule has 5 heteroatoms. The highest BCUT2D eigenvalue weighted by Gasteiger charge is 2.05. The molecular formula is C12H18N2O3. The van der Waals surface area contributed by atoms with Gasteiger partial charge in [-0.05, 0) is 25.3 Å². The third kappa shape index (κ3) is 4.82. The quantitative estimate of drug-likeness (QED) is 0.695. The Labute approximate surface area is 101 Å². The molecule has 0 bridgehead atoms. The fraction of sp³-hybridized carbons (Fsp3) is 0.500. The third-order valence-electron chi connectivity index (χ3n) is 2.33. The molecule has 0 aliphatic carbocycles. The minimum atomic E-state index is -0.135. The van der Waals surface area contributed by atoms with Gasteiger partial charge in [0, 0.05) is 25.4 Å². The summed E-state index contributed by atoms with van der Waals surface area (Å²) >= 11 is 0. The number of aromatic nitrogens is 1. The first-order valence-electron chi connectivity index (χ1n) is 5.67. The molecule has 1 amide bonds. The van der Waals surface area contributed by atoms with E-state index in [2.05, 4.69) is 10.3 Å². The van der Waals surface area contributed by atoms with Crippen LogP contribution in [0.15, 0.2) is 18.3 Å². The van der Waals surface area contributed by atoms with Crippen molar-refractivity contribution in [2.75, 3.05) is 20.3 Å². The molecule has 0 spiro atoms. The van der Waals surface area contributed by atoms with Gasteiger partial charge in [0.25, 0.3) is 5.91 Å². The molecule has 0 atom stereocenters. The number of ether oxygens (including phenoxy) is 1. The lowest BCUT2D eigenvalue weighted by Crippen LogP contribution is -2.24. The van der Waals surface area contributed by atoms with Gasteiger partial charge in [-0.3, -0.25) is 4.79 Å². The second-order valence-electron chi connectivity index (χ2n) is 3.63. The first-order chi connectivity index (χ1) is 8.27. The molecule has 94 valence electrons. The lowest BCUT2D eigenvalue weighted by molar-refractivity contribution is 0.0952. The third-order valence-corrected chi connectivity index (χ3v) is 2.33. The number of amides is 1. The van der Waals surface area contributed by atoms with Gasteiger partial charge in [-0.15, -0.1) is 0 Å². The summed E-state index contributed by atoms with van der Waals surface area (Å²) in [5, 5.41) is 11.4. The maximum absolute atomic E-state index is 11.6. The number of nitrogens with zero attached hydrogens (tertiary/aromatic N) is 1. The summed E-state index contributed by atoms with van der Waals surface area (Å²) in [5.41, 5.74) is 0.521.